The molecule has 0 amide bonds. The van der Waals surface area contributed by atoms with Gasteiger partial charge in [0.15, 0.2) is 0 Å². The number of rotatable bonds is 3. The lowest BCUT2D eigenvalue weighted by atomic mass is 10.0. The van der Waals surface area contributed by atoms with Crippen LogP contribution >= 0.6 is 0 Å². The van der Waals surface area contributed by atoms with Crippen LogP contribution in [0.1, 0.15) is 31.7 Å². The molecule has 1 unspecified atom stereocenters. The normalized spacial score (nSPS) is 21.1. The Balaban J connectivity index is 2.17. The summed E-state index contributed by atoms with van der Waals surface area (Å²) in [6, 6.07) is 9.11. The SMILES string of the molecule is CCCc1ccccc1N1CCCC(N)C1. The summed E-state index contributed by atoms with van der Waals surface area (Å²) in [5, 5.41) is 0. The van der Waals surface area contributed by atoms with Gasteiger partial charge in [-0.15, -0.1) is 0 Å². The average Bonchev–Trinajstić information content (AvgIpc) is 2.30. The first-order chi connectivity index (χ1) is 7.81. The molecule has 0 radical (unpaired) electrons. The van der Waals surface area contributed by atoms with Crippen molar-refractivity contribution in [2.24, 2.45) is 5.73 Å². The van der Waals surface area contributed by atoms with E-state index in [2.05, 4.69) is 36.1 Å². The van der Waals surface area contributed by atoms with E-state index >= 15 is 0 Å². The van der Waals surface area contributed by atoms with Crippen molar-refractivity contribution in [2.75, 3.05) is 18.0 Å². The van der Waals surface area contributed by atoms with Gasteiger partial charge in [-0.2, -0.15) is 0 Å². The molecule has 1 aromatic carbocycles. The third kappa shape index (κ3) is 2.56. The van der Waals surface area contributed by atoms with Crippen LogP contribution in [0.3, 0.4) is 0 Å². The quantitative estimate of drug-likeness (QED) is 0.845. The summed E-state index contributed by atoms with van der Waals surface area (Å²) < 4.78 is 0. The summed E-state index contributed by atoms with van der Waals surface area (Å²) in [6.07, 6.45) is 4.77. The van der Waals surface area contributed by atoms with Crippen LogP contribution in [-0.4, -0.2) is 19.1 Å². The first-order valence-electron chi connectivity index (χ1n) is 6.39. The smallest absolute Gasteiger partial charge is 0.0399 e. The predicted molar refractivity (Wildman–Crippen MR) is 69.9 cm³/mol. The number of hydrogen-bond acceptors (Lipinski definition) is 2. The molecule has 1 aromatic rings. The number of para-hydroxylation sites is 1. The number of nitrogens with two attached hydrogens (primary N) is 1. The number of aryl methyl sites for hydroxylation is 1. The van der Waals surface area contributed by atoms with Crippen LogP contribution in [0, 0.1) is 0 Å². The van der Waals surface area contributed by atoms with Crippen molar-refractivity contribution in [1.29, 1.82) is 0 Å². The molecule has 88 valence electrons. The maximum absolute atomic E-state index is 6.04. The molecule has 1 fully saturated rings. The Kier molecular flexibility index (Phi) is 3.83. The van der Waals surface area contributed by atoms with Crippen LogP contribution in [0.2, 0.25) is 0 Å². The summed E-state index contributed by atoms with van der Waals surface area (Å²) in [7, 11) is 0. The number of hydrogen-bond donors (Lipinski definition) is 1. The Bertz CT molecular complexity index is 335. The largest absolute Gasteiger partial charge is 0.370 e. The second-order valence-corrected chi connectivity index (χ2v) is 4.73. The van der Waals surface area contributed by atoms with Gasteiger partial charge in [0.05, 0.1) is 0 Å². The Labute approximate surface area is 98.4 Å². The van der Waals surface area contributed by atoms with Gasteiger partial charge in [0.2, 0.25) is 0 Å². The van der Waals surface area contributed by atoms with Gasteiger partial charge in [-0.3, -0.25) is 0 Å². The molecule has 0 aliphatic carbocycles. The van der Waals surface area contributed by atoms with Crippen LogP contribution in [-0.2, 0) is 6.42 Å². The van der Waals surface area contributed by atoms with Crippen molar-refractivity contribution in [2.45, 2.75) is 38.6 Å². The zero-order valence-corrected chi connectivity index (χ0v) is 10.2. The number of nitrogens with zero attached hydrogens (tertiary/aromatic N) is 1. The Morgan fingerprint density at radius 1 is 1.38 bits per heavy atom. The minimum Gasteiger partial charge on any atom is -0.370 e. The minimum absolute atomic E-state index is 0.350. The monoisotopic (exact) mass is 218 g/mol. The first kappa shape index (κ1) is 11.5. The molecule has 16 heavy (non-hydrogen) atoms. The Hall–Kier alpha value is -1.02. The van der Waals surface area contributed by atoms with Gasteiger partial charge in [-0.05, 0) is 30.9 Å². The first-order valence-corrected chi connectivity index (χ1v) is 6.39. The van der Waals surface area contributed by atoms with Crippen LogP contribution in [0.4, 0.5) is 5.69 Å². The predicted octanol–water partition coefficient (Wildman–Crippen LogP) is 2.57. The van der Waals surface area contributed by atoms with Gasteiger partial charge >= 0.3 is 0 Å². The molecule has 1 aliphatic heterocycles. The molecule has 1 heterocycles. The standard InChI is InChI=1S/C14H22N2/c1-2-6-12-7-3-4-9-14(12)16-10-5-8-13(15)11-16/h3-4,7,9,13H,2,5-6,8,10-11,15H2,1H3. The van der Waals surface area contributed by atoms with E-state index in [1.807, 2.05) is 0 Å². The topological polar surface area (TPSA) is 29.3 Å². The summed E-state index contributed by atoms with van der Waals surface area (Å²) >= 11 is 0. The highest BCUT2D eigenvalue weighted by molar-refractivity contribution is 5.54. The maximum Gasteiger partial charge on any atom is 0.0399 e. The zero-order chi connectivity index (χ0) is 11.4. The van der Waals surface area contributed by atoms with Crippen LogP contribution in [0.25, 0.3) is 0 Å². The Morgan fingerprint density at radius 2 is 2.19 bits per heavy atom. The molecule has 0 aromatic heterocycles. The fourth-order valence-corrected chi connectivity index (χ4v) is 2.53. The lowest BCUT2D eigenvalue weighted by Gasteiger charge is -2.34. The van der Waals surface area contributed by atoms with Crippen molar-refractivity contribution < 1.29 is 0 Å². The van der Waals surface area contributed by atoms with E-state index in [4.69, 9.17) is 5.73 Å². The third-order valence-electron chi connectivity index (χ3n) is 3.31. The second kappa shape index (κ2) is 5.35. The number of anilines is 1. The van der Waals surface area contributed by atoms with Gasteiger partial charge in [0.1, 0.15) is 0 Å². The summed E-state index contributed by atoms with van der Waals surface area (Å²) in [5.74, 6) is 0. The van der Waals surface area contributed by atoms with E-state index in [0.717, 1.165) is 13.1 Å². The van der Waals surface area contributed by atoms with E-state index in [1.54, 1.807) is 0 Å². The van der Waals surface area contributed by atoms with Crippen LogP contribution in [0.5, 0.6) is 0 Å². The third-order valence-corrected chi connectivity index (χ3v) is 3.31. The van der Waals surface area contributed by atoms with Crippen molar-refractivity contribution in [3.8, 4) is 0 Å². The fraction of sp³-hybridized carbons (Fsp3) is 0.571. The van der Waals surface area contributed by atoms with Crippen LogP contribution in [0.15, 0.2) is 24.3 Å². The van der Waals surface area contributed by atoms with E-state index in [0.29, 0.717) is 6.04 Å². The number of benzene rings is 1. The van der Waals surface area contributed by atoms with Gasteiger partial charge in [0, 0.05) is 24.8 Å². The molecule has 2 rings (SSSR count). The summed E-state index contributed by atoms with van der Waals surface area (Å²) in [5.41, 5.74) is 8.92. The van der Waals surface area contributed by atoms with Crippen LogP contribution < -0.4 is 10.6 Å². The van der Waals surface area contributed by atoms with Crippen molar-refractivity contribution in [1.82, 2.24) is 0 Å². The maximum atomic E-state index is 6.04. The molecule has 2 heteroatoms. The fourth-order valence-electron chi connectivity index (χ4n) is 2.53. The average molecular weight is 218 g/mol. The molecule has 1 aliphatic rings. The van der Waals surface area contributed by atoms with Gasteiger partial charge in [-0.25, -0.2) is 0 Å². The summed E-state index contributed by atoms with van der Waals surface area (Å²) in [4.78, 5) is 2.46. The van der Waals surface area contributed by atoms with Crippen molar-refractivity contribution >= 4 is 5.69 Å². The molecule has 0 saturated carbocycles. The van der Waals surface area contributed by atoms with Crippen molar-refractivity contribution in [3.63, 3.8) is 0 Å². The highest BCUT2D eigenvalue weighted by Gasteiger charge is 2.18. The minimum atomic E-state index is 0.350. The van der Waals surface area contributed by atoms with Gasteiger partial charge in [0.25, 0.3) is 0 Å². The van der Waals surface area contributed by atoms with Gasteiger partial charge in [-0.1, -0.05) is 31.5 Å². The molecule has 2 nitrogen and oxygen atoms in total. The molecule has 0 spiro atoms. The molecule has 1 atom stereocenters. The highest BCUT2D eigenvalue weighted by Crippen LogP contribution is 2.24. The van der Waals surface area contributed by atoms with E-state index in [-0.39, 0.29) is 0 Å². The van der Waals surface area contributed by atoms with Gasteiger partial charge < -0.3 is 10.6 Å². The van der Waals surface area contributed by atoms with Crippen molar-refractivity contribution in [3.05, 3.63) is 29.8 Å². The summed E-state index contributed by atoms with van der Waals surface area (Å²) in [6.45, 7) is 4.41. The lowest BCUT2D eigenvalue weighted by molar-refractivity contribution is 0.505. The van der Waals surface area contributed by atoms with E-state index < -0.39 is 0 Å². The molecular weight excluding hydrogens is 196 g/mol. The zero-order valence-electron chi connectivity index (χ0n) is 10.2. The lowest BCUT2D eigenvalue weighted by Crippen LogP contribution is -2.43. The Morgan fingerprint density at radius 3 is 2.94 bits per heavy atom. The number of piperidine rings is 1. The molecule has 0 bridgehead atoms. The highest BCUT2D eigenvalue weighted by atomic mass is 15.1. The van der Waals surface area contributed by atoms with E-state index in [9.17, 15) is 0 Å². The molecular formula is C14H22N2. The second-order valence-electron chi connectivity index (χ2n) is 4.73. The van der Waals surface area contributed by atoms with E-state index in [1.165, 1.54) is 36.9 Å². The molecule has 1 saturated heterocycles. The molecule has 2 N–H and O–H groups in total.